The number of imidazole rings is 1. The minimum absolute atomic E-state index is 0.523. The molecule has 2 rings (SSSR count). The fourth-order valence-electron chi connectivity index (χ4n) is 2.49. The number of hydrogen-bond acceptors (Lipinski definition) is 3. The lowest BCUT2D eigenvalue weighted by Crippen LogP contribution is -2.26. The smallest absolute Gasteiger partial charge is 0.109 e. The van der Waals surface area contributed by atoms with Crippen molar-refractivity contribution in [1.29, 1.82) is 0 Å². The molecule has 1 aliphatic carbocycles. The van der Waals surface area contributed by atoms with Crippen LogP contribution in [-0.4, -0.2) is 35.4 Å². The molecule has 1 saturated carbocycles. The van der Waals surface area contributed by atoms with Gasteiger partial charge in [-0.3, -0.25) is 0 Å². The van der Waals surface area contributed by atoms with Crippen molar-refractivity contribution < 1.29 is 4.74 Å². The van der Waals surface area contributed by atoms with E-state index in [1.807, 2.05) is 19.4 Å². The Morgan fingerprint density at radius 2 is 2.17 bits per heavy atom. The molecule has 1 aliphatic rings. The van der Waals surface area contributed by atoms with Gasteiger partial charge < -0.3 is 14.6 Å². The lowest BCUT2D eigenvalue weighted by molar-refractivity contribution is 0.0304. The van der Waals surface area contributed by atoms with Gasteiger partial charge in [0.15, 0.2) is 0 Å². The Balaban J connectivity index is 1.47. The second-order valence-corrected chi connectivity index (χ2v) is 5.09. The summed E-state index contributed by atoms with van der Waals surface area (Å²) in [6, 6.07) is 0. The zero-order valence-corrected chi connectivity index (χ0v) is 11.4. The molecule has 0 saturated heterocycles. The lowest BCUT2D eigenvalue weighted by atomic mass is 9.98. The monoisotopic (exact) mass is 251 g/mol. The first-order chi connectivity index (χ1) is 8.86. The molecule has 0 bridgehead atoms. The van der Waals surface area contributed by atoms with Crippen LogP contribution in [0.4, 0.5) is 0 Å². The van der Waals surface area contributed by atoms with Crippen LogP contribution in [0, 0.1) is 0 Å². The average Bonchev–Trinajstić information content (AvgIpc) is 2.81. The van der Waals surface area contributed by atoms with E-state index in [-0.39, 0.29) is 0 Å². The molecule has 102 valence electrons. The van der Waals surface area contributed by atoms with Crippen molar-refractivity contribution in [3.05, 3.63) is 18.2 Å². The first kappa shape index (κ1) is 13.6. The van der Waals surface area contributed by atoms with Gasteiger partial charge in [-0.2, -0.15) is 0 Å². The normalized spacial score (nSPS) is 17.2. The van der Waals surface area contributed by atoms with Gasteiger partial charge >= 0.3 is 0 Å². The van der Waals surface area contributed by atoms with Crippen LogP contribution < -0.4 is 5.32 Å². The van der Waals surface area contributed by atoms with E-state index in [2.05, 4.69) is 14.9 Å². The summed E-state index contributed by atoms with van der Waals surface area (Å²) in [5.74, 6) is 1.13. The second-order valence-electron chi connectivity index (χ2n) is 5.09. The summed E-state index contributed by atoms with van der Waals surface area (Å²) in [7, 11) is 2.04. The van der Waals surface area contributed by atoms with E-state index in [0.29, 0.717) is 6.10 Å². The van der Waals surface area contributed by atoms with Crippen molar-refractivity contribution in [3.63, 3.8) is 0 Å². The maximum absolute atomic E-state index is 5.86. The fraction of sp³-hybridized carbons (Fsp3) is 0.786. The van der Waals surface area contributed by atoms with Crippen LogP contribution in [0.1, 0.15) is 37.9 Å². The average molecular weight is 251 g/mol. The molecular weight excluding hydrogens is 226 g/mol. The predicted octanol–water partition coefficient (Wildman–Crippen LogP) is 1.90. The Hall–Kier alpha value is -0.870. The van der Waals surface area contributed by atoms with Gasteiger partial charge in [-0.15, -0.1) is 0 Å². The number of aromatic nitrogens is 2. The van der Waals surface area contributed by atoms with Crippen LogP contribution in [0.3, 0.4) is 0 Å². The van der Waals surface area contributed by atoms with E-state index in [0.717, 1.165) is 31.9 Å². The number of nitrogens with one attached hydrogen (secondary N) is 1. The highest BCUT2D eigenvalue weighted by molar-refractivity contribution is 4.91. The van der Waals surface area contributed by atoms with Gasteiger partial charge in [0.05, 0.1) is 12.7 Å². The minimum atomic E-state index is 0.523. The predicted molar refractivity (Wildman–Crippen MR) is 72.6 cm³/mol. The summed E-state index contributed by atoms with van der Waals surface area (Å²) in [6.45, 7) is 2.75. The Kier molecular flexibility index (Phi) is 5.68. The molecule has 0 atom stereocenters. The van der Waals surface area contributed by atoms with E-state index in [1.165, 1.54) is 32.1 Å². The van der Waals surface area contributed by atoms with Crippen molar-refractivity contribution in [3.8, 4) is 0 Å². The van der Waals surface area contributed by atoms with Crippen molar-refractivity contribution in [2.75, 3.05) is 19.7 Å². The van der Waals surface area contributed by atoms with Crippen LogP contribution in [-0.2, 0) is 18.2 Å². The Bertz CT molecular complexity index is 332. The van der Waals surface area contributed by atoms with Gasteiger partial charge in [0, 0.05) is 39.0 Å². The van der Waals surface area contributed by atoms with Gasteiger partial charge in [-0.1, -0.05) is 19.3 Å². The molecule has 0 unspecified atom stereocenters. The highest BCUT2D eigenvalue weighted by Gasteiger charge is 2.12. The van der Waals surface area contributed by atoms with E-state index < -0.39 is 0 Å². The third-order valence-corrected chi connectivity index (χ3v) is 3.63. The van der Waals surface area contributed by atoms with Crippen molar-refractivity contribution in [2.45, 2.75) is 44.6 Å². The molecule has 1 aromatic rings. The summed E-state index contributed by atoms with van der Waals surface area (Å²) in [5.41, 5.74) is 0. The largest absolute Gasteiger partial charge is 0.377 e. The molecule has 4 heteroatoms. The SMILES string of the molecule is Cn1ccnc1CCNCCOC1CCCCC1. The van der Waals surface area contributed by atoms with Gasteiger partial charge in [0.2, 0.25) is 0 Å². The number of aryl methyl sites for hydroxylation is 1. The van der Waals surface area contributed by atoms with Gasteiger partial charge in [-0.05, 0) is 12.8 Å². The highest BCUT2D eigenvalue weighted by atomic mass is 16.5. The molecule has 1 N–H and O–H groups in total. The van der Waals surface area contributed by atoms with Crippen LogP contribution in [0.25, 0.3) is 0 Å². The minimum Gasteiger partial charge on any atom is -0.377 e. The molecule has 4 nitrogen and oxygen atoms in total. The highest BCUT2D eigenvalue weighted by Crippen LogP contribution is 2.19. The summed E-state index contributed by atoms with van der Waals surface area (Å²) < 4.78 is 7.93. The molecule has 1 fully saturated rings. The molecule has 0 amide bonds. The lowest BCUT2D eigenvalue weighted by Gasteiger charge is -2.22. The van der Waals surface area contributed by atoms with Crippen molar-refractivity contribution >= 4 is 0 Å². The van der Waals surface area contributed by atoms with Gasteiger partial charge in [0.25, 0.3) is 0 Å². The zero-order chi connectivity index (χ0) is 12.6. The maximum atomic E-state index is 5.86. The van der Waals surface area contributed by atoms with Crippen LogP contribution in [0.2, 0.25) is 0 Å². The summed E-state index contributed by atoms with van der Waals surface area (Å²) in [5, 5.41) is 3.41. The number of nitrogens with zero attached hydrogens (tertiary/aromatic N) is 2. The Morgan fingerprint density at radius 3 is 2.89 bits per heavy atom. The maximum Gasteiger partial charge on any atom is 0.109 e. The summed E-state index contributed by atoms with van der Waals surface area (Å²) >= 11 is 0. The van der Waals surface area contributed by atoms with Crippen LogP contribution in [0.15, 0.2) is 12.4 Å². The van der Waals surface area contributed by atoms with Gasteiger partial charge in [-0.25, -0.2) is 4.98 Å². The Labute approximate surface area is 110 Å². The summed E-state index contributed by atoms with van der Waals surface area (Å²) in [6.07, 6.45) is 11.9. The first-order valence-corrected chi connectivity index (χ1v) is 7.15. The third-order valence-electron chi connectivity index (χ3n) is 3.63. The first-order valence-electron chi connectivity index (χ1n) is 7.15. The van der Waals surface area contributed by atoms with Gasteiger partial charge in [0.1, 0.15) is 5.82 Å². The molecule has 0 aromatic carbocycles. The topological polar surface area (TPSA) is 39.1 Å². The standard InChI is InChI=1S/C14H25N3O/c1-17-11-9-16-14(17)7-8-15-10-12-18-13-5-3-2-4-6-13/h9,11,13,15H,2-8,10,12H2,1H3. The van der Waals surface area contributed by atoms with E-state index in [9.17, 15) is 0 Å². The molecule has 18 heavy (non-hydrogen) atoms. The molecule has 0 radical (unpaired) electrons. The molecule has 0 spiro atoms. The molecule has 0 aliphatic heterocycles. The summed E-state index contributed by atoms with van der Waals surface area (Å²) in [4.78, 5) is 4.30. The van der Waals surface area contributed by atoms with E-state index in [1.54, 1.807) is 0 Å². The van der Waals surface area contributed by atoms with E-state index >= 15 is 0 Å². The van der Waals surface area contributed by atoms with Crippen molar-refractivity contribution in [1.82, 2.24) is 14.9 Å². The van der Waals surface area contributed by atoms with Crippen LogP contribution in [0.5, 0.6) is 0 Å². The molecule has 1 aromatic heterocycles. The number of hydrogen-bond donors (Lipinski definition) is 1. The number of ether oxygens (including phenoxy) is 1. The fourth-order valence-corrected chi connectivity index (χ4v) is 2.49. The van der Waals surface area contributed by atoms with Crippen LogP contribution >= 0.6 is 0 Å². The van der Waals surface area contributed by atoms with Crippen molar-refractivity contribution in [2.24, 2.45) is 7.05 Å². The molecule has 1 heterocycles. The molecular formula is C14H25N3O. The second kappa shape index (κ2) is 7.54. The number of rotatable bonds is 7. The zero-order valence-electron chi connectivity index (χ0n) is 11.4. The Morgan fingerprint density at radius 1 is 1.33 bits per heavy atom. The third kappa shape index (κ3) is 4.42. The van der Waals surface area contributed by atoms with E-state index in [4.69, 9.17) is 4.74 Å². The quantitative estimate of drug-likeness (QED) is 0.752.